The molecule has 8 rings (SSSR count). The molecule has 0 unspecified atom stereocenters. The van der Waals surface area contributed by atoms with E-state index in [4.69, 9.17) is 0 Å². The van der Waals surface area contributed by atoms with Gasteiger partial charge < -0.3 is 4.90 Å². The SMILES string of the molecule is C=Cc1ccc(N(c2ccc(-c3ccccc3)cc2)c2ccc(-c3ccccc3)cc2-c2cccc3c2-c2ccccc2C3(C)C)cc1. The highest BCUT2D eigenvalue weighted by atomic mass is 15.1. The number of hydrogen-bond donors (Lipinski definition) is 0. The van der Waals surface area contributed by atoms with Gasteiger partial charge in [0.05, 0.1) is 5.69 Å². The second-order valence-corrected chi connectivity index (χ2v) is 13.0. The van der Waals surface area contributed by atoms with E-state index in [0.29, 0.717) is 0 Å². The van der Waals surface area contributed by atoms with E-state index in [1.165, 1.54) is 55.6 Å². The van der Waals surface area contributed by atoms with E-state index in [0.717, 1.165) is 22.6 Å². The average Bonchev–Trinajstić information content (AvgIpc) is 3.39. The zero-order valence-corrected chi connectivity index (χ0v) is 27.4. The van der Waals surface area contributed by atoms with Crippen molar-refractivity contribution in [1.82, 2.24) is 0 Å². The van der Waals surface area contributed by atoms with Crippen molar-refractivity contribution in [3.63, 3.8) is 0 Å². The Hall–Kier alpha value is -5.92. The summed E-state index contributed by atoms with van der Waals surface area (Å²) < 4.78 is 0. The van der Waals surface area contributed by atoms with Gasteiger partial charge in [0.2, 0.25) is 0 Å². The number of benzene rings is 7. The van der Waals surface area contributed by atoms with Gasteiger partial charge in [-0.25, -0.2) is 0 Å². The van der Waals surface area contributed by atoms with Gasteiger partial charge in [-0.05, 0) is 92.0 Å². The van der Waals surface area contributed by atoms with E-state index < -0.39 is 0 Å². The van der Waals surface area contributed by atoms with E-state index in [9.17, 15) is 0 Å². The molecule has 0 spiro atoms. The summed E-state index contributed by atoms with van der Waals surface area (Å²) in [5.74, 6) is 0. The fourth-order valence-electron chi connectivity index (χ4n) is 7.36. The molecule has 7 aromatic carbocycles. The molecule has 0 atom stereocenters. The topological polar surface area (TPSA) is 3.24 Å². The lowest BCUT2D eigenvalue weighted by molar-refractivity contribution is 0.660. The molecule has 48 heavy (non-hydrogen) atoms. The maximum absolute atomic E-state index is 4.00. The van der Waals surface area contributed by atoms with Crippen LogP contribution in [-0.4, -0.2) is 0 Å². The van der Waals surface area contributed by atoms with E-state index >= 15 is 0 Å². The van der Waals surface area contributed by atoms with Crippen LogP contribution in [0.5, 0.6) is 0 Å². The number of fused-ring (bicyclic) bond motifs is 3. The molecule has 0 saturated carbocycles. The predicted octanol–water partition coefficient (Wildman–Crippen LogP) is 13.1. The van der Waals surface area contributed by atoms with Crippen LogP contribution in [0.4, 0.5) is 17.1 Å². The van der Waals surface area contributed by atoms with Crippen molar-refractivity contribution in [2.24, 2.45) is 0 Å². The monoisotopic (exact) mass is 615 g/mol. The van der Waals surface area contributed by atoms with E-state index in [-0.39, 0.29) is 5.41 Å². The molecule has 0 heterocycles. The van der Waals surface area contributed by atoms with Gasteiger partial charge in [0.1, 0.15) is 0 Å². The van der Waals surface area contributed by atoms with Crippen molar-refractivity contribution in [3.8, 4) is 44.5 Å². The highest BCUT2D eigenvalue weighted by Crippen LogP contribution is 2.54. The molecule has 0 aromatic heterocycles. The standard InChI is InChI=1S/C47H37N/c1-4-33-22-27-38(28-23-33)48(39-29-24-36(25-30-39)34-14-7-5-8-15-34)45-31-26-37(35-16-9-6-10-17-35)32-42(45)40-19-13-21-44-46(40)41-18-11-12-20-43(41)47(44,2)3/h4-32H,1H2,2-3H3. The largest absolute Gasteiger partial charge is 0.310 e. The molecule has 7 aromatic rings. The summed E-state index contributed by atoms with van der Waals surface area (Å²) in [4.78, 5) is 2.40. The Morgan fingerprint density at radius 1 is 0.458 bits per heavy atom. The van der Waals surface area contributed by atoms with Crippen LogP contribution >= 0.6 is 0 Å². The van der Waals surface area contributed by atoms with Crippen LogP contribution in [-0.2, 0) is 5.41 Å². The van der Waals surface area contributed by atoms with Crippen LogP contribution in [0.15, 0.2) is 176 Å². The molecular weight excluding hydrogens is 579 g/mol. The Balaban J connectivity index is 1.39. The fourth-order valence-corrected chi connectivity index (χ4v) is 7.36. The first-order chi connectivity index (χ1) is 23.5. The average molecular weight is 616 g/mol. The summed E-state index contributed by atoms with van der Waals surface area (Å²) >= 11 is 0. The van der Waals surface area contributed by atoms with E-state index in [2.05, 4.69) is 195 Å². The van der Waals surface area contributed by atoms with Crippen LogP contribution in [0, 0.1) is 0 Å². The van der Waals surface area contributed by atoms with Crippen molar-refractivity contribution in [1.29, 1.82) is 0 Å². The quantitative estimate of drug-likeness (QED) is 0.172. The molecule has 0 N–H and O–H groups in total. The predicted molar refractivity (Wildman–Crippen MR) is 205 cm³/mol. The molecule has 1 aliphatic rings. The zero-order chi connectivity index (χ0) is 32.7. The van der Waals surface area contributed by atoms with Crippen LogP contribution < -0.4 is 4.90 Å². The number of rotatable bonds is 7. The van der Waals surface area contributed by atoms with Gasteiger partial charge in [0.15, 0.2) is 0 Å². The van der Waals surface area contributed by atoms with E-state index in [1.807, 2.05) is 6.08 Å². The summed E-state index contributed by atoms with van der Waals surface area (Å²) in [6.45, 7) is 8.71. The first-order valence-electron chi connectivity index (χ1n) is 16.6. The first-order valence-corrected chi connectivity index (χ1v) is 16.6. The van der Waals surface area contributed by atoms with Crippen LogP contribution in [0.3, 0.4) is 0 Å². The van der Waals surface area contributed by atoms with Gasteiger partial charge in [0, 0.05) is 22.4 Å². The van der Waals surface area contributed by atoms with Crippen LogP contribution in [0.2, 0.25) is 0 Å². The smallest absolute Gasteiger partial charge is 0.0540 e. The first kappa shape index (κ1) is 29.5. The molecule has 0 fully saturated rings. The molecule has 0 amide bonds. The van der Waals surface area contributed by atoms with Crippen molar-refractivity contribution >= 4 is 23.1 Å². The normalized spacial score (nSPS) is 12.6. The Bertz CT molecular complexity index is 2240. The van der Waals surface area contributed by atoms with Gasteiger partial charge in [-0.15, -0.1) is 0 Å². The second kappa shape index (κ2) is 12.0. The molecule has 1 aliphatic carbocycles. The molecule has 0 radical (unpaired) electrons. The third kappa shape index (κ3) is 5.05. The number of nitrogens with zero attached hydrogens (tertiary/aromatic N) is 1. The lowest BCUT2D eigenvalue weighted by Gasteiger charge is -2.29. The zero-order valence-electron chi connectivity index (χ0n) is 27.4. The maximum atomic E-state index is 4.00. The highest BCUT2D eigenvalue weighted by molar-refractivity contribution is 5.99. The molecule has 0 aliphatic heterocycles. The third-order valence-electron chi connectivity index (χ3n) is 9.86. The Morgan fingerprint density at radius 2 is 0.979 bits per heavy atom. The maximum Gasteiger partial charge on any atom is 0.0540 e. The van der Waals surface area contributed by atoms with Gasteiger partial charge in [0.25, 0.3) is 0 Å². The molecule has 1 heteroatoms. The van der Waals surface area contributed by atoms with Crippen molar-refractivity contribution in [2.75, 3.05) is 4.90 Å². The lowest BCUT2D eigenvalue weighted by Crippen LogP contribution is -2.15. The summed E-state index contributed by atoms with van der Waals surface area (Å²) in [5, 5.41) is 0. The Morgan fingerprint density at radius 3 is 1.65 bits per heavy atom. The van der Waals surface area contributed by atoms with Crippen molar-refractivity contribution in [2.45, 2.75) is 19.3 Å². The van der Waals surface area contributed by atoms with Crippen LogP contribution in [0.25, 0.3) is 50.6 Å². The lowest BCUT2D eigenvalue weighted by atomic mass is 9.82. The molecular formula is C47H37N. The fraction of sp³-hybridized carbons (Fsp3) is 0.0638. The minimum Gasteiger partial charge on any atom is -0.310 e. The molecule has 0 saturated heterocycles. The minimum atomic E-state index is -0.0907. The van der Waals surface area contributed by atoms with Gasteiger partial charge >= 0.3 is 0 Å². The molecule has 230 valence electrons. The molecule has 1 nitrogen and oxygen atoms in total. The Labute approximate surface area is 284 Å². The summed E-state index contributed by atoms with van der Waals surface area (Å²) in [6.07, 6.45) is 1.90. The second-order valence-electron chi connectivity index (χ2n) is 13.0. The van der Waals surface area contributed by atoms with Gasteiger partial charge in [-0.2, -0.15) is 0 Å². The van der Waals surface area contributed by atoms with Crippen molar-refractivity contribution in [3.05, 3.63) is 193 Å². The minimum absolute atomic E-state index is 0.0907. The molecule has 0 bridgehead atoms. The van der Waals surface area contributed by atoms with E-state index in [1.54, 1.807) is 0 Å². The summed E-state index contributed by atoms with van der Waals surface area (Å²) in [5.41, 5.74) is 16.9. The summed E-state index contributed by atoms with van der Waals surface area (Å²) in [7, 11) is 0. The third-order valence-corrected chi connectivity index (χ3v) is 9.86. The Kier molecular flexibility index (Phi) is 7.39. The van der Waals surface area contributed by atoms with Gasteiger partial charge in [-0.1, -0.05) is 160 Å². The van der Waals surface area contributed by atoms with Crippen molar-refractivity contribution < 1.29 is 0 Å². The number of anilines is 3. The van der Waals surface area contributed by atoms with Crippen LogP contribution in [0.1, 0.15) is 30.5 Å². The summed E-state index contributed by atoms with van der Waals surface area (Å²) in [6, 6.07) is 61.6. The number of hydrogen-bond acceptors (Lipinski definition) is 1. The van der Waals surface area contributed by atoms with Gasteiger partial charge in [-0.3, -0.25) is 0 Å². The highest BCUT2D eigenvalue weighted by Gasteiger charge is 2.37.